The van der Waals surface area contributed by atoms with E-state index in [1.54, 1.807) is 24.5 Å². The van der Waals surface area contributed by atoms with Crippen molar-refractivity contribution in [1.82, 2.24) is 9.97 Å². The summed E-state index contributed by atoms with van der Waals surface area (Å²) in [7, 11) is 0. The Bertz CT molecular complexity index is 956. The summed E-state index contributed by atoms with van der Waals surface area (Å²) in [6.07, 6.45) is 4.09. The Labute approximate surface area is 163 Å². The minimum absolute atomic E-state index is 0.240. The van der Waals surface area contributed by atoms with E-state index < -0.39 is 0 Å². The molecule has 27 heavy (non-hydrogen) atoms. The van der Waals surface area contributed by atoms with E-state index in [0.29, 0.717) is 34.5 Å². The van der Waals surface area contributed by atoms with Crippen molar-refractivity contribution in [3.8, 4) is 17.0 Å². The van der Waals surface area contributed by atoms with Crippen molar-refractivity contribution in [2.24, 2.45) is 11.7 Å². The molecule has 6 heteroatoms. The molecule has 0 aliphatic carbocycles. The Kier molecular flexibility index (Phi) is 5.63. The number of ether oxygens (including phenoxy) is 1. The summed E-state index contributed by atoms with van der Waals surface area (Å²) in [6.45, 7) is 6.60. The molecular weight excluding hydrogens is 365 g/mol. The lowest BCUT2D eigenvalue weighted by atomic mass is 9.93. The smallest absolute Gasteiger partial charge is 0.156 e. The van der Waals surface area contributed by atoms with Crippen molar-refractivity contribution in [1.29, 1.82) is 0 Å². The van der Waals surface area contributed by atoms with E-state index in [1.807, 2.05) is 19.9 Å². The molecule has 0 amide bonds. The van der Waals surface area contributed by atoms with Crippen LogP contribution in [0.1, 0.15) is 27.2 Å². The predicted octanol–water partition coefficient (Wildman–Crippen LogP) is 5.23. The monoisotopic (exact) mass is 387 g/mol. The molecule has 0 spiro atoms. The number of hydrogen-bond donors (Lipinski definition) is 1. The van der Waals surface area contributed by atoms with Crippen molar-refractivity contribution >= 4 is 22.5 Å². The van der Waals surface area contributed by atoms with E-state index >= 15 is 0 Å². The summed E-state index contributed by atoms with van der Waals surface area (Å²) >= 11 is 6.41. The zero-order valence-corrected chi connectivity index (χ0v) is 16.4. The van der Waals surface area contributed by atoms with Crippen molar-refractivity contribution in [2.45, 2.75) is 32.7 Å². The first kappa shape index (κ1) is 19.5. The number of halogens is 2. The fraction of sp³-hybridized carbons (Fsp3) is 0.333. The van der Waals surface area contributed by atoms with Gasteiger partial charge < -0.3 is 10.5 Å². The van der Waals surface area contributed by atoms with Crippen molar-refractivity contribution in [2.75, 3.05) is 6.61 Å². The number of hydrogen-bond acceptors (Lipinski definition) is 4. The van der Waals surface area contributed by atoms with Gasteiger partial charge >= 0.3 is 0 Å². The van der Waals surface area contributed by atoms with Crippen LogP contribution >= 0.6 is 11.6 Å². The predicted molar refractivity (Wildman–Crippen MR) is 107 cm³/mol. The van der Waals surface area contributed by atoms with Crippen LogP contribution < -0.4 is 10.5 Å². The molecule has 1 aromatic carbocycles. The minimum Gasteiger partial charge on any atom is -0.490 e. The number of nitrogens with two attached hydrogens (primary N) is 1. The first-order valence-corrected chi connectivity index (χ1v) is 9.22. The second-order valence-electron chi connectivity index (χ2n) is 7.63. The van der Waals surface area contributed by atoms with Crippen molar-refractivity contribution in [3.63, 3.8) is 0 Å². The molecule has 0 aliphatic heterocycles. The normalized spacial score (nSPS) is 13.0. The SMILES string of the molecule is C[C@H](COc1cnc(-c2ccnc3cc(F)ccc23)cc1Cl)CC(C)(C)N. The topological polar surface area (TPSA) is 61.0 Å². The Hall–Kier alpha value is -2.24. The molecule has 3 rings (SSSR count). The van der Waals surface area contributed by atoms with Crippen LogP contribution in [0.5, 0.6) is 5.75 Å². The molecule has 0 saturated carbocycles. The molecule has 0 aliphatic rings. The number of fused-ring (bicyclic) bond motifs is 1. The van der Waals surface area contributed by atoms with Gasteiger partial charge in [0.25, 0.3) is 0 Å². The van der Waals surface area contributed by atoms with Gasteiger partial charge in [0.1, 0.15) is 5.82 Å². The van der Waals surface area contributed by atoms with E-state index in [0.717, 1.165) is 17.4 Å². The molecule has 0 radical (unpaired) electrons. The standard InChI is InChI=1S/C21H23ClFN3O/c1-13(10-21(2,3)24)12-27-20-11-26-19(9-17(20)22)16-6-7-25-18-8-14(23)4-5-15(16)18/h4-9,11,13H,10,12,24H2,1-3H3/t13-/m0/s1. The zero-order chi connectivity index (χ0) is 19.6. The largest absolute Gasteiger partial charge is 0.490 e. The highest BCUT2D eigenvalue weighted by molar-refractivity contribution is 6.32. The quantitative estimate of drug-likeness (QED) is 0.629. The zero-order valence-electron chi connectivity index (χ0n) is 15.7. The van der Waals surface area contributed by atoms with E-state index in [2.05, 4.69) is 16.9 Å². The summed E-state index contributed by atoms with van der Waals surface area (Å²) in [4.78, 5) is 8.69. The van der Waals surface area contributed by atoms with Gasteiger partial charge in [-0.2, -0.15) is 0 Å². The lowest BCUT2D eigenvalue weighted by Crippen LogP contribution is -2.35. The number of rotatable bonds is 6. The van der Waals surface area contributed by atoms with Gasteiger partial charge in [-0.25, -0.2) is 4.39 Å². The number of benzene rings is 1. The maximum Gasteiger partial charge on any atom is 0.156 e. The summed E-state index contributed by atoms with van der Waals surface area (Å²) < 4.78 is 19.3. The number of nitrogens with zero attached hydrogens (tertiary/aromatic N) is 2. The van der Waals surface area contributed by atoms with Crippen LogP contribution in [-0.4, -0.2) is 22.1 Å². The van der Waals surface area contributed by atoms with Gasteiger partial charge in [0.2, 0.25) is 0 Å². The second kappa shape index (κ2) is 7.79. The van der Waals surface area contributed by atoms with Crippen LogP contribution in [0.2, 0.25) is 5.02 Å². The molecule has 1 atom stereocenters. The van der Waals surface area contributed by atoms with E-state index in [1.165, 1.54) is 12.1 Å². The average Bonchev–Trinajstić information content (AvgIpc) is 2.58. The van der Waals surface area contributed by atoms with Crippen LogP contribution in [0.25, 0.3) is 22.2 Å². The Morgan fingerprint density at radius 3 is 2.70 bits per heavy atom. The second-order valence-corrected chi connectivity index (χ2v) is 8.04. The van der Waals surface area contributed by atoms with Gasteiger partial charge in [-0.1, -0.05) is 18.5 Å². The molecule has 2 aromatic heterocycles. The maximum absolute atomic E-state index is 13.4. The summed E-state index contributed by atoms with van der Waals surface area (Å²) in [5.41, 5.74) is 7.91. The fourth-order valence-electron chi connectivity index (χ4n) is 3.21. The van der Waals surface area contributed by atoms with Gasteiger partial charge in [0.15, 0.2) is 5.75 Å². The van der Waals surface area contributed by atoms with Gasteiger partial charge in [0, 0.05) is 28.8 Å². The van der Waals surface area contributed by atoms with Crippen LogP contribution in [-0.2, 0) is 0 Å². The lowest BCUT2D eigenvalue weighted by Gasteiger charge is -2.23. The number of aromatic nitrogens is 2. The molecule has 0 saturated heterocycles. The molecule has 0 fully saturated rings. The van der Waals surface area contributed by atoms with E-state index in [9.17, 15) is 4.39 Å². The molecule has 3 aromatic rings. The van der Waals surface area contributed by atoms with Gasteiger partial charge in [-0.05, 0) is 50.5 Å². The third kappa shape index (κ3) is 4.93. The highest BCUT2D eigenvalue weighted by atomic mass is 35.5. The third-order valence-corrected chi connectivity index (χ3v) is 4.49. The molecule has 4 nitrogen and oxygen atoms in total. The van der Waals surface area contributed by atoms with Crippen LogP contribution in [0.4, 0.5) is 4.39 Å². The summed E-state index contributed by atoms with van der Waals surface area (Å²) in [6, 6.07) is 8.10. The Morgan fingerprint density at radius 1 is 1.22 bits per heavy atom. The highest BCUT2D eigenvalue weighted by Crippen LogP contribution is 2.32. The number of pyridine rings is 2. The average molecular weight is 388 g/mol. The Morgan fingerprint density at radius 2 is 2.00 bits per heavy atom. The summed E-state index contributed by atoms with van der Waals surface area (Å²) in [5.74, 6) is 0.503. The van der Waals surface area contributed by atoms with Crippen LogP contribution in [0.3, 0.4) is 0 Å². The van der Waals surface area contributed by atoms with Gasteiger partial charge in [-0.3, -0.25) is 9.97 Å². The highest BCUT2D eigenvalue weighted by Gasteiger charge is 2.17. The van der Waals surface area contributed by atoms with Crippen LogP contribution in [0, 0.1) is 11.7 Å². The fourth-order valence-corrected chi connectivity index (χ4v) is 3.41. The molecule has 2 N–H and O–H groups in total. The molecule has 0 unspecified atom stereocenters. The molecule has 142 valence electrons. The van der Waals surface area contributed by atoms with E-state index in [4.69, 9.17) is 22.1 Å². The van der Waals surface area contributed by atoms with Gasteiger partial charge in [0.05, 0.1) is 29.0 Å². The Balaban J connectivity index is 1.81. The minimum atomic E-state index is -0.323. The van der Waals surface area contributed by atoms with Gasteiger partial charge in [-0.15, -0.1) is 0 Å². The van der Waals surface area contributed by atoms with Crippen molar-refractivity contribution < 1.29 is 9.13 Å². The third-order valence-electron chi connectivity index (χ3n) is 4.20. The molecule has 2 heterocycles. The first-order valence-electron chi connectivity index (χ1n) is 8.85. The van der Waals surface area contributed by atoms with Crippen molar-refractivity contribution in [3.05, 3.63) is 53.6 Å². The first-order chi connectivity index (χ1) is 12.7. The lowest BCUT2D eigenvalue weighted by molar-refractivity contribution is 0.229. The molecular formula is C21H23ClFN3O. The van der Waals surface area contributed by atoms with E-state index in [-0.39, 0.29) is 11.4 Å². The molecule has 0 bridgehead atoms. The summed E-state index contributed by atoms with van der Waals surface area (Å²) in [5, 5.41) is 1.29. The van der Waals surface area contributed by atoms with Crippen LogP contribution in [0.15, 0.2) is 42.7 Å². The maximum atomic E-state index is 13.4.